The number of hydrogen-bond donors (Lipinski definition) is 1. The Morgan fingerprint density at radius 2 is 1.22 bits per heavy atom. The van der Waals surface area contributed by atoms with Gasteiger partial charge in [0.05, 0.1) is 5.60 Å². The molecule has 0 bridgehead atoms. The number of hydrogen-bond acceptors (Lipinski definition) is 4. The predicted octanol–water partition coefficient (Wildman–Crippen LogP) is 15.0. The summed E-state index contributed by atoms with van der Waals surface area (Å²) in [5.74, 6) is 26.0. The zero-order valence-electron chi connectivity index (χ0n) is 43.9. The molecule has 1 saturated heterocycles. The molecular weight excluding hydrogens is 800 g/mol. The standard InChI is InChI=1S/C17H23F.2C11H13N.C11H18O.C10H20O/c1-16(2,3)12-13-17(4,5)11-10-14-6-8-15(18)9-7-14;1-11(2,3)7-6-10-5-4-8-12-9-10;1-11(2,3)8-7-10-6-4-5-9-12-10;1-11(2,3)7-4-10-5-8-12-9-6-10;1-9(2,3)7-8-10(11)5-4-6-10/h6-9H,10-11H2,1-5H3;4-5,8-9H,1-3H3;4-6,9H,1-3H3;10H,5-6,8-9H2,1-3H3;11H,4-8H2,1-3H3. The van der Waals surface area contributed by atoms with Crippen LogP contribution >= 0.6 is 0 Å². The number of rotatable bonds is 5. The molecule has 1 aliphatic carbocycles. The van der Waals surface area contributed by atoms with E-state index in [0.29, 0.717) is 11.3 Å². The van der Waals surface area contributed by atoms with E-state index in [1.54, 1.807) is 18.6 Å². The maximum absolute atomic E-state index is 12.8. The quantitative estimate of drug-likeness (QED) is 0.259. The summed E-state index contributed by atoms with van der Waals surface area (Å²) in [6, 6.07) is 16.3. The van der Waals surface area contributed by atoms with Gasteiger partial charge in [-0.05, 0) is 208 Å². The molecule has 5 rings (SSSR count). The number of ether oxygens (including phenoxy) is 1. The van der Waals surface area contributed by atoms with Crippen molar-refractivity contribution in [2.45, 2.75) is 181 Å². The molecule has 4 nitrogen and oxygen atoms in total. The molecule has 3 aromatic rings. The summed E-state index contributed by atoms with van der Waals surface area (Å²) in [6.45, 7) is 38.2. The van der Waals surface area contributed by atoms with E-state index >= 15 is 0 Å². The number of aliphatic hydroxyl groups is 1. The summed E-state index contributed by atoms with van der Waals surface area (Å²) in [5.41, 5.74) is 3.42. The van der Waals surface area contributed by atoms with Crippen molar-refractivity contribution in [3.8, 4) is 47.4 Å². The summed E-state index contributed by atoms with van der Waals surface area (Å²) >= 11 is 0. The minimum absolute atomic E-state index is 0.00165. The average molecular weight is 887 g/mol. The molecule has 2 aliphatic rings. The first kappa shape index (κ1) is 58.6. The van der Waals surface area contributed by atoms with Crippen molar-refractivity contribution in [1.82, 2.24) is 9.97 Å². The van der Waals surface area contributed by atoms with Crippen molar-refractivity contribution >= 4 is 0 Å². The number of benzene rings is 1. The monoisotopic (exact) mass is 887 g/mol. The van der Waals surface area contributed by atoms with Gasteiger partial charge in [-0.15, -0.1) is 0 Å². The van der Waals surface area contributed by atoms with Gasteiger partial charge < -0.3 is 9.84 Å². The van der Waals surface area contributed by atoms with Crippen LogP contribution in [0, 0.1) is 91.6 Å². The molecule has 356 valence electrons. The lowest BCUT2D eigenvalue weighted by Gasteiger charge is -2.38. The number of pyridine rings is 2. The highest BCUT2D eigenvalue weighted by atomic mass is 19.1. The van der Waals surface area contributed by atoms with Gasteiger partial charge in [-0.1, -0.05) is 80.4 Å². The Labute approximate surface area is 398 Å². The Morgan fingerprint density at radius 3 is 1.68 bits per heavy atom. The Kier molecular flexibility index (Phi) is 24.6. The first-order valence-electron chi connectivity index (χ1n) is 23.8. The minimum Gasteiger partial charge on any atom is -0.390 e. The highest BCUT2D eigenvalue weighted by Gasteiger charge is 2.34. The molecule has 0 spiro atoms. The van der Waals surface area contributed by atoms with Crippen molar-refractivity contribution < 1.29 is 14.2 Å². The highest BCUT2D eigenvalue weighted by molar-refractivity contribution is 5.32. The smallest absolute Gasteiger partial charge is 0.123 e. The number of aryl methyl sites for hydroxylation is 1. The third kappa shape index (κ3) is 34.6. The van der Waals surface area contributed by atoms with E-state index in [2.05, 4.69) is 175 Å². The molecule has 1 N–H and O–H groups in total. The van der Waals surface area contributed by atoms with E-state index in [-0.39, 0.29) is 38.5 Å². The summed E-state index contributed by atoms with van der Waals surface area (Å²) in [7, 11) is 0. The topological polar surface area (TPSA) is 55.2 Å². The van der Waals surface area contributed by atoms with Crippen molar-refractivity contribution in [3.05, 3.63) is 95.8 Å². The SMILES string of the molecule is CC(C)(C)C#CC(C)(C)CCc1ccc(F)cc1.CC(C)(C)C#CC1CCOCC1.CC(C)(C)C#Cc1ccccn1.CC(C)(C)C#Cc1cccnc1.CC(C)(C)CCC1(O)CCC1. The molecule has 0 unspecified atom stereocenters. The molecule has 1 aromatic carbocycles. The second-order valence-corrected chi connectivity index (χ2v) is 23.5. The van der Waals surface area contributed by atoms with Crippen LogP contribution in [0.15, 0.2) is 73.2 Å². The molecule has 65 heavy (non-hydrogen) atoms. The van der Waals surface area contributed by atoms with Gasteiger partial charge in [0, 0.05) is 70.4 Å². The Balaban J connectivity index is 0.000000411. The molecule has 2 aromatic heterocycles. The van der Waals surface area contributed by atoms with Crippen LogP contribution in [0.25, 0.3) is 0 Å². The summed E-state index contributed by atoms with van der Waals surface area (Å²) in [6.07, 6.45) is 14.9. The van der Waals surface area contributed by atoms with Crippen LogP contribution in [0.3, 0.4) is 0 Å². The second kappa shape index (κ2) is 27.3. The Hall–Kier alpha value is -4.39. The largest absolute Gasteiger partial charge is 0.390 e. The number of nitrogens with zero attached hydrogens (tertiary/aromatic N) is 2. The summed E-state index contributed by atoms with van der Waals surface area (Å²) in [5, 5.41) is 9.77. The Bertz CT molecular complexity index is 1960. The van der Waals surface area contributed by atoms with Gasteiger partial charge in [-0.2, -0.15) is 0 Å². The molecule has 0 radical (unpaired) electrons. The van der Waals surface area contributed by atoms with Crippen molar-refractivity contribution in [2.24, 2.45) is 38.4 Å². The van der Waals surface area contributed by atoms with Gasteiger partial charge in [0.15, 0.2) is 0 Å². The van der Waals surface area contributed by atoms with Crippen LogP contribution in [0.1, 0.15) is 186 Å². The van der Waals surface area contributed by atoms with Crippen molar-refractivity contribution in [2.75, 3.05) is 13.2 Å². The fourth-order valence-corrected chi connectivity index (χ4v) is 5.51. The van der Waals surface area contributed by atoms with Gasteiger partial charge >= 0.3 is 0 Å². The normalized spacial score (nSPS) is 14.6. The summed E-state index contributed by atoms with van der Waals surface area (Å²) in [4.78, 5) is 8.09. The van der Waals surface area contributed by atoms with Gasteiger partial charge in [0.2, 0.25) is 0 Å². The van der Waals surface area contributed by atoms with E-state index < -0.39 is 0 Å². The van der Waals surface area contributed by atoms with Gasteiger partial charge in [0.1, 0.15) is 11.5 Å². The van der Waals surface area contributed by atoms with Crippen molar-refractivity contribution in [3.63, 3.8) is 0 Å². The number of aromatic nitrogens is 2. The van der Waals surface area contributed by atoms with E-state index in [0.717, 1.165) is 75.8 Å². The first-order valence-corrected chi connectivity index (χ1v) is 23.8. The molecule has 0 atom stereocenters. The maximum atomic E-state index is 12.8. The van der Waals surface area contributed by atoms with Crippen LogP contribution in [-0.2, 0) is 11.2 Å². The zero-order valence-corrected chi connectivity index (χ0v) is 43.9. The van der Waals surface area contributed by atoms with Crippen LogP contribution in [0.5, 0.6) is 0 Å². The molecule has 1 saturated carbocycles. The second-order valence-electron chi connectivity index (χ2n) is 23.5. The lowest BCUT2D eigenvalue weighted by Crippen LogP contribution is -2.37. The van der Waals surface area contributed by atoms with Gasteiger partial charge in [0.25, 0.3) is 0 Å². The zero-order chi connectivity index (χ0) is 49.4. The van der Waals surface area contributed by atoms with E-state index in [1.165, 1.54) is 24.1 Å². The molecule has 2 fully saturated rings. The third-order valence-corrected chi connectivity index (χ3v) is 9.70. The minimum atomic E-state index is -0.271. The van der Waals surface area contributed by atoms with E-state index in [4.69, 9.17) is 4.74 Å². The average Bonchev–Trinajstić information content (AvgIpc) is 3.20. The van der Waals surface area contributed by atoms with Crippen molar-refractivity contribution in [1.29, 1.82) is 0 Å². The fraction of sp³-hybridized carbons (Fsp3) is 0.600. The molecule has 3 heterocycles. The summed E-state index contributed by atoms with van der Waals surface area (Å²) < 4.78 is 18.1. The lowest BCUT2D eigenvalue weighted by atomic mass is 9.74. The molecule has 1 aliphatic heterocycles. The van der Waals surface area contributed by atoms with Gasteiger partial charge in [-0.3, -0.25) is 4.98 Å². The molecular formula is C60H87FN2O2. The molecule has 5 heteroatoms. The Morgan fingerprint density at radius 1 is 0.646 bits per heavy atom. The van der Waals surface area contributed by atoms with E-state index in [9.17, 15) is 9.50 Å². The van der Waals surface area contributed by atoms with Crippen LogP contribution < -0.4 is 0 Å². The van der Waals surface area contributed by atoms with E-state index in [1.807, 2.05) is 42.5 Å². The first-order chi connectivity index (χ1) is 29.8. The van der Waals surface area contributed by atoms with Crippen LogP contribution in [0.2, 0.25) is 0 Å². The molecule has 0 amide bonds. The predicted molar refractivity (Wildman–Crippen MR) is 275 cm³/mol. The lowest BCUT2D eigenvalue weighted by molar-refractivity contribution is -0.0474. The van der Waals surface area contributed by atoms with Crippen LogP contribution in [0.4, 0.5) is 4.39 Å². The fourth-order valence-electron chi connectivity index (χ4n) is 5.51. The van der Waals surface area contributed by atoms with Crippen LogP contribution in [-0.4, -0.2) is 33.9 Å². The highest BCUT2D eigenvalue weighted by Crippen LogP contribution is 2.38. The third-order valence-electron chi connectivity index (χ3n) is 9.70. The number of halogens is 1. The maximum Gasteiger partial charge on any atom is 0.123 e. The van der Waals surface area contributed by atoms with Gasteiger partial charge in [-0.25, -0.2) is 9.37 Å².